The summed E-state index contributed by atoms with van der Waals surface area (Å²) in [5.41, 5.74) is 0.725. The van der Waals surface area contributed by atoms with Gasteiger partial charge in [-0.05, 0) is 49.4 Å². The van der Waals surface area contributed by atoms with Crippen molar-refractivity contribution in [3.8, 4) is 5.75 Å². The predicted octanol–water partition coefficient (Wildman–Crippen LogP) is 3.80. The van der Waals surface area contributed by atoms with E-state index in [1.807, 2.05) is 0 Å². The topological polar surface area (TPSA) is 75.7 Å². The summed E-state index contributed by atoms with van der Waals surface area (Å²) in [6.45, 7) is 1.48. The van der Waals surface area contributed by atoms with E-state index in [1.54, 1.807) is 24.3 Å². The molecule has 0 saturated carbocycles. The van der Waals surface area contributed by atoms with E-state index in [1.165, 1.54) is 32.2 Å². The van der Waals surface area contributed by atoms with Crippen molar-refractivity contribution in [1.29, 1.82) is 0 Å². The van der Waals surface area contributed by atoms with Gasteiger partial charge in [0.25, 0.3) is 0 Å². The number of nitrogens with zero attached hydrogens (tertiary/aromatic N) is 1. The van der Waals surface area contributed by atoms with Crippen LogP contribution in [0.5, 0.6) is 5.75 Å². The van der Waals surface area contributed by atoms with Crippen LogP contribution in [0.1, 0.15) is 6.92 Å². The minimum atomic E-state index is -3.76. The quantitative estimate of drug-likeness (QED) is 0.776. The van der Waals surface area contributed by atoms with E-state index >= 15 is 0 Å². The summed E-state index contributed by atoms with van der Waals surface area (Å²) < 4.78 is 30.6. The first kappa shape index (κ1) is 20.4. The summed E-state index contributed by atoms with van der Waals surface area (Å²) in [4.78, 5) is 12.6. The zero-order valence-corrected chi connectivity index (χ0v) is 16.7. The van der Waals surface area contributed by atoms with Crippen LogP contribution >= 0.6 is 23.2 Å². The maximum Gasteiger partial charge on any atom is 0.247 e. The third-order valence-corrected chi connectivity index (χ3v) is 5.23. The molecule has 2 aromatic carbocycles. The molecule has 1 amide bonds. The number of halogens is 2. The molecule has 2 aromatic rings. The van der Waals surface area contributed by atoms with Gasteiger partial charge in [0.1, 0.15) is 11.8 Å². The molecular weight excluding hydrogens is 399 g/mol. The molecule has 9 heteroatoms. The molecule has 0 spiro atoms. The first-order chi connectivity index (χ1) is 12.1. The summed E-state index contributed by atoms with van der Waals surface area (Å²) in [6.07, 6.45) is 1.01. The van der Waals surface area contributed by atoms with E-state index in [4.69, 9.17) is 27.9 Å². The Hall–Kier alpha value is -1.96. The van der Waals surface area contributed by atoms with Gasteiger partial charge in [0.2, 0.25) is 15.9 Å². The van der Waals surface area contributed by atoms with Crippen LogP contribution < -0.4 is 14.4 Å². The minimum absolute atomic E-state index is 0.211. The molecule has 0 fully saturated rings. The van der Waals surface area contributed by atoms with E-state index in [2.05, 4.69) is 5.32 Å². The number of carbonyl (C=O) groups excluding carboxylic acids is 1. The van der Waals surface area contributed by atoms with E-state index < -0.39 is 22.0 Å². The van der Waals surface area contributed by atoms with Crippen molar-refractivity contribution in [1.82, 2.24) is 0 Å². The Kier molecular flexibility index (Phi) is 6.39. The van der Waals surface area contributed by atoms with Crippen LogP contribution in [0.4, 0.5) is 11.4 Å². The Labute approximate surface area is 162 Å². The normalized spacial score (nSPS) is 12.3. The third-order valence-electron chi connectivity index (χ3n) is 3.55. The SMILES string of the molecule is COc1ccc(NC(=O)[C@@H](C)N(c2cc(Cl)cc(Cl)c2)S(C)(=O)=O)cc1. The number of benzene rings is 2. The first-order valence-corrected chi connectivity index (χ1v) is 10.1. The third kappa shape index (κ3) is 5.03. The van der Waals surface area contributed by atoms with Crippen LogP contribution in [-0.4, -0.2) is 33.7 Å². The molecule has 0 saturated heterocycles. The first-order valence-electron chi connectivity index (χ1n) is 7.52. The average Bonchev–Trinajstić information content (AvgIpc) is 2.53. The van der Waals surface area contributed by atoms with Crippen molar-refractivity contribution in [2.24, 2.45) is 0 Å². The fraction of sp³-hybridized carbons (Fsp3) is 0.235. The fourth-order valence-electron chi connectivity index (χ4n) is 2.40. The highest BCUT2D eigenvalue weighted by Gasteiger charge is 2.29. The van der Waals surface area contributed by atoms with Crippen molar-refractivity contribution >= 4 is 50.5 Å². The maximum absolute atomic E-state index is 12.6. The number of hydrogen-bond donors (Lipinski definition) is 1. The molecule has 6 nitrogen and oxygen atoms in total. The highest BCUT2D eigenvalue weighted by Crippen LogP contribution is 2.29. The van der Waals surface area contributed by atoms with Gasteiger partial charge in [-0.2, -0.15) is 0 Å². The molecule has 1 atom stereocenters. The van der Waals surface area contributed by atoms with Gasteiger partial charge in [-0.3, -0.25) is 9.10 Å². The fourth-order valence-corrected chi connectivity index (χ4v) is 4.07. The highest BCUT2D eigenvalue weighted by molar-refractivity contribution is 7.92. The van der Waals surface area contributed by atoms with Gasteiger partial charge in [-0.1, -0.05) is 23.2 Å². The number of ether oxygens (including phenoxy) is 1. The van der Waals surface area contributed by atoms with Crippen molar-refractivity contribution < 1.29 is 17.9 Å². The summed E-state index contributed by atoms with van der Waals surface area (Å²) >= 11 is 11.9. The Morgan fingerprint density at radius 2 is 1.65 bits per heavy atom. The van der Waals surface area contributed by atoms with Crippen LogP contribution in [0.2, 0.25) is 10.0 Å². The van der Waals surface area contributed by atoms with Crippen molar-refractivity contribution in [3.63, 3.8) is 0 Å². The second-order valence-electron chi connectivity index (χ2n) is 5.58. The van der Waals surface area contributed by atoms with Gasteiger partial charge in [0, 0.05) is 15.7 Å². The molecule has 0 aliphatic heterocycles. The van der Waals surface area contributed by atoms with E-state index in [0.29, 0.717) is 11.4 Å². The lowest BCUT2D eigenvalue weighted by Crippen LogP contribution is -2.45. The minimum Gasteiger partial charge on any atom is -0.497 e. The molecule has 0 heterocycles. The molecule has 0 bridgehead atoms. The van der Waals surface area contributed by atoms with Gasteiger partial charge in [0.05, 0.1) is 19.1 Å². The van der Waals surface area contributed by atoms with Crippen LogP contribution in [0.25, 0.3) is 0 Å². The molecule has 0 radical (unpaired) electrons. The number of carbonyl (C=O) groups is 1. The zero-order valence-electron chi connectivity index (χ0n) is 14.4. The van der Waals surface area contributed by atoms with Crippen LogP contribution in [0, 0.1) is 0 Å². The Morgan fingerprint density at radius 1 is 1.12 bits per heavy atom. The number of sulfonamides is 1. The van der Waals surface area contributed by atoms with Gasteiger partial charge in [-0.15, -0.1) is 0 Å². The number of nitrogens with one attached hydrogen (secondary N) is 1. The lowest BCUT2D eigenvalue weighted by Gasteiger charge is -2.28. The van der Waals surface area contributed by atoms with E-state index in [0.717, 1.165) is 10.6 Å². The number of anilines is 2. The highest BCUT2D eigenvalue weighted by atomic mass is 35.5. The summed E-state index contributed by atoms with van der Waals surface area (Å²) in [5, 5.41) is 3.21. The van der Waals surface area contributed by atoms with Gasteiger partial charge < -0.3 is 10.1 Å². The van der Waals surface area contributed by atoms with Gasteiger partial charge in [-0.25, -0.2) is 8.42 Å². The van der Waals surface area contributed by atoms with Crippen LogP contribution in [0.3, 0.4) is 0 Å². The Morgan fingerprint density at radius 3 is 2.12 bits per heavy atom. The molecule has 0 aliphatic carbocycles. The Balaban J connectivity index is 2.31. The van der Waals surface area contributed by atoms with Crippen molar-refractivity contribution in [2.45, 2.75) is 13.0 Å². The van der Waals surface area contributed by atoms with Crippen LogP contribution in [-0.2, 0) is 14.8 Å². The van der Waals surface area contributed by atoms with Crippen molar-refractivity contribution in [2.75, 3.05) is 23.0 Å². The molecule has 1 N–H and O–H groups in total. The monoisotopic (exact) mass is 416 g/mol. The molecular formula is C17H18Cl2N2O4S. The predicted molar refractivity (Wildman–Crippen MR) is 105 cm³/mol. The number of amides is 1. The molecule has 140 valence electrons. The smallest absolute Gasteiger partial charge is 0.247 e. The van der Waals surface area contributed by atoms with E-state index in [9.17, 15) is 13.2 Å². The Bertz CT molecular complexity index is 881. The lowest BCUT2D eigenvalue weighted by molar-refractivity contribution is -0.116. The molecule has 2 rings (SSSR count). The summed E-state index contributed by atoms with van der Waals surface area (Å²) in [7, 11) is -2.23. The average molecular weight is 417 g/mol. The summed E-state index contributed by atoms with van der Waals surface area (Å²) in [5.74, 6) is 0.138. The molecule has 0 unspecified atom stereocenters. The van der Waals surface area contributed by atoms with Gasteiger partial charge in [0.15, 0.2) is 0 Å². The number of rotatable bonds is 6. The number of methoxy groups -OCH3 is 1. The van der Waals surface area contributed by atoms with Gasteiger partial charge >= 0.3 is 0 Å². The molecule has 0 aliphatic rings. The maximum atomic E-state index is 12.6. The standard InChI is InChI=1S/C17H18Cl2N2O4S/c1-11(17(22)20-14-4-6-16(25-2)7-5-14)21(26(3,23)24)15-9-12(18)8-13(19)10-15/h4-11H,1-3H3,(H,20,22)/t11-/m1/s1. The second kappa shape index (κ2) is 8.16. The number of hydrogen-bond acceptors (Lipinski definition) is 4. The van der Waals surface area contributed by atoms with Crippen LogP contribution in [0.15, 0.2) is 42.5 Å². The lowest BCUT2D eigenvalue weighted by atomic mass is 10.2. The van der Waals surface area contributed by atoms with Crippen molar-refractivity contribution in [3.05, 3.63) is 52.5 Å². The summed E-state index contributed by atoms with van der Waals surface area (Å²) in [6, 6.07) is 10.0. The largest absolute Gasteiger partial charge is 0.497 e. The zero-order chi connectivity index (χ0) is 19.5. The molecule has 26 heavy (non-hydrogen) atoms. The second-order valence-corrected chi connectivity index (χ2v) is 8.31. The molecule has 0 aromatic heterocycles. The van der Waals surface area contributed by atoms with E-state index in [-0.39, 0.29) is 15.7 Å².